The number of rotatable bonds is 3. The van der Waals surface area contributed by atoms with Gasteiger partial charge in [-0.15, -0.1) is 0 Å². The Morgan fingerprint density at radius 1 is 1.54 bits per heavy atom. The number of phenols is 1. The molecule has 0 aliphatic carbocycles. The standard InChI is InChI=1S/C8H10O4S/c1-12-8-3-2-6(4-7(8)9)5-13(10)11/h2-4,9H,5H2,1H3,(H,10,11). The first-order chi connectivity index (χ1) is 6.13. The largest absolute Gasteiger partial charge is 0.504 e. The fraction of sp³-hybridized carbons (Fsp3) is 0.250. The minimum Gasteiger partial charge on any atom is -0.504 e. The summed E-state index contributed by atoms with van der Waals surface area (Å²) < 4.78 is 23.8. The molecule has 5 heteroatoms. The third kappa shape index (κ3) is 2.71. The molecule has 0 aliphatic rings. The zero-order valence-electron chi connectivity index (χ0n) is 7.06. The van der Waals surface area contributed by atoms with Gasteiger partial charge < -0.3 is 14.4 Å². The summed E-state index contributed by atoms with van der Waals surface area (Å²) in [5.41, 5.74) is 0.596. The summed E-state index contributed by atoms with van der Waals surface area (Å²) in [5.74, 6) is 0.343. The van der Waals surface area contributed by atoms with Crippen molar-refractivity contribution in [2.45, 2.75) is 5.75 Å². The summed E-state index contributed by atoms with van der Waals surface area (Å²) in [7, 11) is 1.44. The van der Waals surface area contributed by atoms with E-state index in [1.54, 1.807) is 12.1 Å². The van der Waals surface area contributed by atoms with Crippen LogP contribution < -0.4 is 4.74 Å². The van der Waals surface area contributed by atoms with E-state index in [1.165, 1.54) is 13.2 Å². The van der Waals surface area contributed by atoms with E-state index in [-0.39, 0.29) is 11.5 Å². The number of aromatic hydroxyl groups is 1. The monoisotopic (exact) mass is 202 g/mol. The minimum absolute atomic E-state index is 0.0115. The Morgan fingerprint density at radius 3 is 2.69 bits per heavy atom. The van der Waals surface area contributed by atoms with Crippen LogP contribution in [0.5, 0.6) is 11.5 Å². The van der Waals surface area contributed by atoms with Crippen LogP contribution in [0.2, 0.25) is 0 Å². The average Bonchev–Trinajstić information content (AvgIpc) is 2.03. The van der Waals surface area contributed by atoms with Gasteiger partial charge in [-0.2, -0.15) is 0 Å². The lowest BCUT2D eigenvalue weighted by Crippen LogP contribution is -1.93. The Labute approximate surface area is 78.4 Å². The van der Waals surface area contributed by atoms with Gasteiger partial charge in [-0.05, 0) is 17.7 Å². The Kier molecular flexibility index (Phi) is 3.27. The molecular weight excluding hydrogens is 192 g/mol. The van der Waals surface area contributed by atoms with E-state index in [0.717, 1.165) is 0 Å². The maximum Gasteiger partial charge on any atom is 0.160 e. The van der Waals surface area contributed by atoms with E-state index >= 15 is 0 Å². The molecule has 0 bridgehead atoms. The summed E-state index contributed by atoms with van der Waals surface area (Å²) >= 11 is -1.89. The van der Waals surface area contributed by atoms with Gasteiger partial charge in [0.05, 0.1) is 12.9 Å². The Balaban J connectivity index is 2.89. The molecule has 1 rings (SSSR count). The van der Waals surface area contributed by atoms with Crippen LogP contribution in [0.1, 0.15) is 5.56 Å². The number of benzene rings is 1. The van der Waals surface area contributed by atoms with Crippen LogP contribution in [-0.2, 0) is 16.8 Å². The molecule has 13 heavy (non-hydrogen) atoms. The molecule has 1 atom stereocenters. The number of methoxy groups -OCH3 is 1. The van der Waals surface area contributed by atoms with Gasteiger partial charge in [0, 0.05) is 0 Å². The first kappa shape index (κ1) is 10.0. The van der Waals surface area contributed by atoms with Crippen molar-refractivity contribution >= 4 is 11.1 Å². The second-order valence-electron chi connectivity index (χ2n) is 2.47. The zero-order valence-corrected chi connectivity index (χ0v) is 7.87. The molecule has 0 aromatic heterocycles. The van der Waals surface area contributed by atoms with Gasteiger partial charge in [0.25, 0.3) is 0 Å². The van der Waals surface area contributed by atoms with Gasteiger partial charge in [-0.25, -0.2) is 4.21 Å². The fourth-order valence-corrected chi connectivity index (χ4v) is 1.43. The summed E-state index contributed by atoms with van der Waals surface area (Å²) in [6.07, 6.45) is 0. The molecule has 0 amide bonds. The third-order valence-electron chi connectivity index (χ3n) is 1.53. The molecule has 2 N–H and O–H groups in total. The lowest BCUT2D eigenvalue weighted by Gasteiger charge is -2.04. The second kappa shape index (κ2) is 4.25. The highest BCUT2D eigenvalue weighted by Gasteiger charge is 2.03. The van der Waals surface area contributed by atoms with Crippen LogP contribution in [0.4, 0.5) is 0 Å². The molecule has 0 aliphatic heterocycles. The summed E-state index contributed by atoms with van der Waals surface area (Å²) in [4.78, 5) is 0. The molecular formula is C8H10O4S. The highest BCUT2D eigenvalue weighted by molar-refractivity contribution is 7.78. The third-order valence-corrected chi connectivity index (χ3v) is 2.11. The molecule has 72 valence electrons. The minimum atomic E-state index is -1.89. The summed E-state index contributed by atoms with van der Waals surface area (Å²) in [6.45, 7) is 0. The first-order valence-corrected chi connectivity index (χ1v) is 4.84. The molecule has 0 spiro atoms. The molecule has 0 fully saturated rings. The highest BCUT2D eigenvalue weighted by atomic mass is 32.2. The van der Waals surface area contributed by atoms with E-state index in [4.69, 9.17) is 9.29 Å². The van der Waals surface area contributed by atoms with Crippen molar-refractivity contribution in [2.75, 3.05) is 7.11 Å². The maximum absolute atomic E-state index is 10.4. The molecule has 1 aromatic rings. The quantitative estimate of drug-likeness (QED) is 0.721. The molecule has 0 radical (unpaired) electrons. The predicted molar refractivity (Wildman–Crippen MR) is 49.1 cm³/mol. The molecule has 1 unspecified atom stereocenters. The van der Waals surface area contributed by atoms with Crippen molar-refractivity contribution in [3.63, 3.8) is 0 Å². The van der Waals surface area contributed by atoms with Gasteiger partial charge in [-0.1, -0.05) is 6.07 Å². The van der Waals surface area contributed by atoms with E-state index in [9.17, 15) is 9.32 Å². The number of hydrogen-bond donors (Lipinski definition) is 2. The van der Waals surface area contributed by atoms with Crippen LogP contribution in [0.3, 0.4) is 0 Å². The zero-order chi connectivity index (χ0) is 9.84. The van der Waals surface area contributed by atoms with Crippen molar-refractivity contribution in [3.05, 3.63) is 23.8 Å². The van der Waals surface area contributed by atoms with Crippen LogP contribution in [0, 0.1) is 0 Å². The lowest BCUT2D eigenvalue weighted by atomic mass is 10.2. The van der Waals surface area contributed by atoms with E-state index in [0.29, 0.717) is 11.3 Å². The first-order valence-electron chi connectivity index (χ1n) is 3.57. The van der Waals surface area contributed by atoms with Crippen LogP contribution in [-0.4, -0.2) is 21.0 Å². The lowest BCUT2D eigenvalue weighted by molar-refractivity contribution is 0.373. The highest BCUT2D eigenvalue weighted by Crippen LogP contribution is 2.26. The maximum atomic E-state index is 10.4. The Bertz CT molecular complexity index is 324. The second-order valence-corrected chi connectivity index (χ2v) is 3.40. The van der Waals surface area contributed by atoms with Gasteiger partial charge in [-0.3, -0.25) is 0 Å². The van der Waals surface area contributed by atoms with Crippen LogP contribution >= 0.6 is 0 Å². The normalized spacial score (nSPS) is 12.5. The topological polar surface area (TPSA) is 66.8 Å². The number of hydrogen-bond acceptors (Lipinski definition) is 3. The fourth-order valence-electron chi connectivity index (χ4n) is 0.968. The Hall–Kier alpha value is -1.07. The van der Waals surface area contributed by atoms with Gasteiger partial charge in [0.2, 0.25) is 0 Å². The van der Waals surface area contributed by atoms with Crippen molar-refractivity contribution < 1.29 is 18.6 Å². The number of ether oxygens (including phenoxy) is 1. The van der Waals surface area contributed by atoms with Crippen LogP contribution in [0.15, 0.2) is 18.2 Å². The van der Waals surface area contributed by atoms with E-state index in [1.807, 2.05) is 0 Å². The van der Waals surface area contributed by atoms with Crippen LogP contribution in [0.25, 0.3) is 0 Å². The van der Waals surface area contributed by atoms with Crippen molar-refractivity contribution in [3.8, 4) is 11.5 Å². The van der Waals surface area contributed by atoms with Gasteiger partial charge in [0.15, 0.2) is 22.6 Å². The van der Waals surface area contributed by atoms with Gasteiger partial charge in [0.1, 0.15) is 0 Å². The van der Waals surface area contributed by atoms with Crippen molar-refractivity contribution in [1.82, 2.24) is 0 Å². The number of phenolic OH excluding ortho intramolecular Hbond substituents is 1. The van der Waals surface area contributed by atoms with Crippen molar-refractivity contribution in [1.29, 1.82) is 0 Å². The molecule has 1 aromatic carbocycles. The van der Waals surface area contributed by atoms with E-state index < -0.39 is 11.1 Å². The average molecular weight is 202 g/mol. The SMILES string of the molecule is COc1ccc(CS(=O)O)cc1O. The van der Waals surface area contributed by atoms with E-state index in [2.05, 4.69) is 0 Å². The molecule has 4 nitrogen and oxygen atoms in total. The molecule has 0 saturated carbocycles. The smallest absolute Gasteiger partial charge is 0.160 e. The van der Waals surface area contributed by atoms with Crippen molar-refractivity contribution in [2.24, 2.45) is 0 Å². The summed E-state index contributed by atoms with van der Waals surface area (Å²) in [6, 6.07) is 4.59. The molecule has 0 heterocycles. The Morgan fingerprint density at radius 2 is 2.23 bits per heavy atom. The molecule has 0 saturated heterocycles. The predicted octanol–water partition coefficient (Wildman–Crippen LogP) is 1.12. The van der Waals surface area contributed by atoms with Gasteiger partial charge >= 0.3 is 0 Å². The summed E-state index contributed by atoms with van der Waals surface area (Å²) in [5, 5.41) is 9.30.